The van der Waals surface area contributed by atoms with Gasteiger partial charge in [0.1, 0.15) is 10.8 Å². The van der Waals surface area contributed by atoms with Crippen molar-refractivity contribution >= 4 is 27.3 Å². The molecule has 1 aromatic carbocycles. The Morgan fingerprint density at radius 2 is 2.00 bits per heavy atom. The van der Waals surface area contributed by atoms with Crippen LogP contribution in [0.1, 0.15) is 25.8 Å². The van der Waals surface area contributed by atoms with Crippen molar-refractivity contribution in [3.05, 3.63) is 29.3 Å². The quantitative estimate of drug-likeness (QED) is 0.795. The van der Waals surface area contributed by atoms with E-state index in [0.717, 1.165) is 15.2 Å². The van der Waals surface area contributed by atoms with E-state index in [0.29, 0.717) is 6.42 Å². The first kappa shape index (κ1) is 11.3. The maximum absolute atomic E-state index is 11.9. The lowest BCUT2D eigenvalue weighted by atomic mass is 9.89. The topological polar surface area (TPSA) is 30.0 Å². The summed E-state index contributed by atoms with van der Waals surface area (Å²) in [4.78, 5) is 16.3. The normalized spacial score (nSPS) is 11.9. The van der Waals surface area contributed by atoms with Gasteiger partial charge in [-0.2, -0.15) is 0 Å². The smallest absolute Gasteiger partial charge is 0.144 e. The van der Waals surface area contributed by atoms with Crippen LogP contribution in [0.15, 0.2) is 24.3 Å². The first-order valence-electron chi connectivity index (χ1n) is 5.34. The number of thiazole rings is 1. The number of ketones is 1. The van der Waals surface area contributed by atoms with Crippen molar-refractivity contribution in [1.82, 2.24) is 4.98 Å². The average molecular weight is 233 g/mol. The summed E-state index contributed by atoms with van der Waals surface area (Å²) < 4.78 is 1.15. The molecule has 0 spiro atoms. The van der Waals surface area contributed by atoms with E-state index in [9.17, 15) is 4.79 Å². The predicted octanol–water partition coefficient (Wildman–Crippen LogP) is 3.45. The largest absolute Gasteiger partial charge is 0.299 e. The SMILES string of the molecule is CC(C)(C)C(=O)Cc1nc2ccccc2s1. The van der Waals surface area contributed by atoms with Gasteiger partial charge in [-0.05, 0) is 12.1 Å². The van der Waals surface area contributed by atoms with Crippen LogP contribution in [0.5, 0.6) is 0 Å². The molecule has 0 bridgehead atoms. The second-order valence-corrected chi connectivity index (χ2v) is 6.04. The summed E-state index contributed by atoms with van der Waals surface area (Å²) in [6.07, 6.45) is 0.447. The maximum Gasteiger partial charge on any atom is 0.144 e. The molecule has 1 aromatic heterocycles. The van der Waals surface area contributed by atoms with E-state index in [1.54, 1.807) is 11.3 Å². The second kappa shape index (κ2) is 3.98. The number of fused-ring (bicyclic) bond motifs is 1. The molecule has 3 heteroatoms. The summed E-state index contributed by atoms with van der Waals surface area (Å²) in [6.45, 7) is 5.84. The third kappa shape index (κ3) is 2.30. The highest BCUT2D eigenvalue weighted by molar-refractivity contribution is 7.18. The van der Waals surface area contributed by atoms with Gasteiger partial charge in [0, 0.05) is 5.41 Å². The number of hydrogen-bond acceptors (Lipinski definition) is 3. The third-order valence-corrected chi connectivity index (χ3v) is 3.52. The van der Waals surface area contributed by atoms with Crippen LogP contribution in [0, 0.1) is 5.41 Å². The standard InChI is InChI=1S/C13H15NOS/c1-13(2,3)11(15)8-12-14-9-6-4-5-7-10(9)16-12/h4-7H,8H2,1-3H3. The predicted molar refractivity (Wildman–Crippen MR) is 67.8 cm³/mol. The highest BCUT2D eigenvalue weighted by Gasteiger charge is 2.22. The molecular formula is C13H15NOS. The minimum Gasteiger partial charge on any atom is -0.299 e. The van der Waals surface area contributed by atoms with Crippen molar-refractivity contribution in [2.45, 2.75) is 27.2 Å². The Morgan fingerprint density at radius 1 is 1.31 bits per heavy atom. The summed E-state index contributed by atoms with van der Waals surface area (Å²) in [7, 11) is 0. The van der Waals surface area contributed by atoms with Gasteiger partial charge in [-0.25, -0.2) is 4.98 Å². The van der Waals surface area contributed by atoms with E-state index < -0.39 is 0 Å². The molecule has 16 heavy (non-hydrogen) atoms. The molecule has 0 amide bonds. The van der Waals surface area contributed by atoms with E-state index in [1.165, 1.54) is 0 Å². The first-order chi connectivity index (χ1) is 7.47. The zero-order chi connectivity index (χ0) is 11.8. The summed E-state index contributed by atoms with van der Waals surface area (Å²) in [5, 5.41) is 0.918. The molecule has 0 radical (unpaired) electrons. The number of carbonyl (C=O) groups is 1. The van der Waals surface area contributed by atoms with E-state index in [2.05, 4.69) is 4.98 Å². The van der Waals surface area contributed by atoms with Gasteiger partial charge < -0.3 is 0 Å². The molecule has 0 saturated heterocycles. The Kier molecular flexibility index (Phi) is 2.80. The lowest BCUT2D eigenvalue weighted by Gasteiger charge is -2.14. The molecule has 0 aliphatic heterocycles. The van der Waals surface area contributed by atoms with Gasteiger partial charge in [-0.1, -0.05) is 32.9 Å². The minimum atomic E-state index is -0.280. The van der Waals surface area contributed by atoms with E-state index in [1.807, 2.05) is 45.0 Å². The van der Waals surface area contributed by atoms with Crippen LogP contribution in [0.4, 0.5) is 0 Å². The Labute approximate surface area is 99.3 Å². The van der Waals surface area contributed by atoms with Crippen molar-refractivity contribution in [2.75, 3.05) is 0 Å². The number of carbonyl (C=O) groups excluding carboxylic acids is 1. The molecule has 2 aromatic rings. The molecule has 2 nitrogen and oxygen atoms in total. The van der Waals surface area contributed by atoms with Crippen LogP contribution in [0.3, 0.4) is 0 Å². The average Bonchev–Trinajstić information content (AvgIpc) is 2.58. The monoisotopic (exact) mass is 233 g/mol. The fourth-order valence-corrected chi connectivity index (χ4v) is 2.36. The van der Waals surface area contributed by atoms with Crippen molar-refractivity contribution in [3.63, 3.8) is 0 Å². The molecule has 0 aliphatic carbocycles. The number of benzene rings is 1. The summed E-state index contributed by atoms with van der Waals surface area (Å²) >= 11 is 1.61. The van der Waals surface area contributed by atoms with Crippen LogP contribution in [-0.2, 0) is 11.2 Å². The van der Waals surface area contributed by atoms with Crippen LogP contribution in [0.25, 0.3) is 10.2 Å². The molecule has 2 rings (SSSR count). The van der Waals surface area contributed by atoms with Gasteiger partial charge in [-0.15, -0.1) is 11.3 Å². The van der Waals surface area contributed by atoms with Crippen LogP contribution < -0.4 is 0 Å². The van der Waals surface area contributed by atoms with Crippen molar-refractivity contribution < 1.29 is 4.79 Å². The summed E-state index contributed by atoms with van der Waals surface area (Å²) in [5.74, 6) is 0.242. The Hall–Kier alpha value is -1.22. The molecule has 1 heterocycles. The highest BCUT2D eigenvalue weighted by Crippen LogP contribution is 2.24. The molecule has 0 N–H and O–H groups in total. The first-order valence-corrected chi connectivity index (χ1v) is 6.16. The van der Waals surface area contributed by atoms with E-state index >= 15 is 0 Å². The molecule has 0 fully saturated rings. The van der Waals surface area contributed by atoms with Gasteiger partial charge >= 0.3 is 0 Å². The van der Waals surface area contributed by atoms with Crippen LogP contribution in [0.2, 0.25) is 0 Å². The Morgan fingerprint density at radius 3 is 2.62 bits per heavy atom. The highest BCUT2D eigenvalue weighted by atomic mass is 32.1. The van der Waals surface area contributed by atoms with Crippen molar-refractivity contribution in [2.24, 2.45) is 5.41 Å². The van der Waals surface area contributed by atoms with Gasteiger partial charge in [0.15, 0.2) is 0 Å². The fraction of sp³-hybridized carbons (Fsp3) is 0.385. The zero-order valence-corrected chi connectivity index (χ0v) is 10.6. The second-order valence-electron chi connectivity index (χ2n) is 4.93. The van der Waals surface area contributed by atoms with Crippen molar-refractivity contribution in [1.29, 1.82) is 0 Å². The van der Waals surface area contributed by atoms with Gasteiger partial charge in [0.25, 0.3) is 0 Å². The number of nitrogens with zero attached hydrogens (tertiary/aromatic N) is 1. The van der Waals surface area contributed by atoms with Gasteiger partial charge in [0.2, 0.25) is 0 Å². The summed E-state index contributed by atoms with van der Waals surface area (Å²) in [6, 6.07) is 7.99. The van der Waals surface area contributed by atoms with Crippen LogP contribution >= 0.6 is 11.3 Å². The minimum absolute atomic E-state index is 0.242. The number of rotatable bonds is 2. The van der Waals surface area contributed by atoms with E-state index in [4.69, 9.17) is 0 Å². The zero-order valence-electron chi connectivity index (χ0n) is 9.78. The van der Waals surface area contributed by atoms with Gasteiger partial charge in [-0.3, -0.25) is 4.79 Å². The number of hydrogen-bond donors (Lipinski definition) is 0. The van der Waals surface area contributed by atoms with Gasteiger partial charge in [0.05, 0.1) is 16.6 Å². The lowest BCUT2D eigenvalue weighted by Crippen LogP contribution is -2.21. The van der Waals surface area contributed by atoms with E-state index in [-0.39, 0.29) is 11.2 Å². The molecule has 0 aliphatic rings. The lowest BCUT2D eigenvalue weighted by molar-refractivity contribution is -0.125. The van der Waals surface area contributed by atoms with Crippen LogP contribution in [-0.4, -0.2) is 10.8 Å². The molecule has 0 atom stereocenters. The summed E-state index contributed by atoms with van der Waals surface area (Å²) in [5.41, 5.74) is 0.710. The Bertz CT molecular complexity index is 489. The maximum atomic E-state index is 11.9. The van der Waals surface area contributed by atoms with Crippen molar-refractivity contribution in [3.8, 4) is 0 Å². The molecule has 84 valence electrons. The number of para-hydroxylation sites is 1. The Balaban J connectivity index is 2.25. The molecule has 0 saturated carbocycles. The number of Topliss-reactive ketones (excluding diaryl/α,β-unsaturated/α-hetero) is 1. The fourth-order valence-electron chi connectivity index (χ4n) is 1.40. The number of aromatic nitrogens is 1. The molecule has 0 unspecified atom stereocenters. The third-order valence-electron chi connectivity index (χ3n) is 2.49. The molecular weight excluding hydrogens is 218 g/mol.